The van der Waals surface area contributed by atoms with E-state index >= 15 is 0 Å². The normalized spacial score (nSPS) is 20.0. The topological polar surface area (TPSA) is 67.3 Å². The van der Waals surface area contributed by atoms with Crippen LogP contribution in [0.2, 0.25) is 0 Å². The first kappa shape index (κ1) is 15.4. The molecular formula is C17H20N4O2. The molecule has 2 atom stereocenters. The summed E-state index contributed by atoms with van der Waals surface area (Å²) in [4.78, 5) is 22.5. The largest absolute Gasteiger partial charge is 0.378 e. The van der Waals surface area contributed by atoms with Gasteiger partial charge in [0.1, 0.15) is 12.1 Å². The smallest absolute Gasteiger partial charge is 0.323 e. The van der Waals surface area contributed by atoms with Crippen LogP contribution in [0.25, 0.3) is 0 Å². The lowest BCUT2D eigenvalue weighted by atomic mass is 9.85. The molecule has 0 unspecified atom stereocenters. The molecule has 6 heteroatoms. The molecule has 1 aliphatic rings. The zero-order valence-electron chi connectivity index (χ0n) is 13.3. The van der Waals surface area contributed by atoms with Gasteiger partial charge in [0.05, 0.1) is 18.3 Å². The Balaban J connectivity index is 1.70. The molecule has 1 aromatic heterocycles. The third kappa shape index (κ3) is 3.32. The molecule has 0 saturated carbocycles. The number of nitrogens with zero attached hydrogens (tertiary/aromatic N) is 3. The average Bonchev–Trinajstić information content (AvgIpc) is 2.54. The van der Waals surface area contributed by atoms with E-state index in [0.717, 1.165) is 17.8 Å². The van der Waals surface area contributed by atoms with Crippen LogP contribution in [0.3, 0.4) is 0 Å². The number of ether oxygens (including phenoxy) is 1. The van der Waals surface area contributed by atoms with Crippen molar-refractivity contribution in [2.45, 2.75) is 19.6 Å². The van der Waals surface area contributed by atoms with Crippen molar-refractivity contribution in [1.82, 2.24) is 14.9 Å². The SMILES string of the molecule is COCc1cc(NC(=O)N2C[C@H](C)[C@H]2c2ccccc2)ncn1. The van der Waals surface area contributed by atoms with Crippen LogP contribution in [-0.4, -0.2) is 34.6 Å². The summed E-state index contributed by atoms with van der Waals surface area (Å²) < 4.78 is 5.04. The van der Waals surface area contributed by atoms with Crippen molar-refractivity contribution in [3.63, 3.8) is 0 Å². The lowest BCUT2D eigenvalue weighted by Crippen LogP contribution is -2.53. The summed E-state index contributed by atoms with van der Waals surface area (Å²) in [5.74, 6) is 0.931. The number of nitrogens with one attached hydrogen (secondary N) is 1. The van der Waals surface area contributed by atoms with Crippen molar-refractivity contribution < 1.29 is 9.53 Å². The van der Waals surface area contributed by atoms with Crippen LogP contribution in [0.4, 0.5) is 10.6 Å². The summed E-state index contributed by atoms with van der Waals surface area (Å²) in [5, 5.41) is 2.84. The van der Waals surface area contributed by atoms with Gasteiger partial charge >= 0.3 is 6.03 Å². The Hall–Kier alpha value is -2.47. The van der Waals surface area contributed by atoms with Gasteiger partial charge in [-0.2, -0.15) is 0 Å². The summed E-state index contributed by atoms with van der Waals surface area (Å²) >= 11 is 0. The molecule has 23 heavy (non-hydrogen) atoms. The fourth-order valence-corrected chi connectivity index (χ4v) is 2.93. The zero-order chi connectivity index (χ0) is 16.2. The quantitative estimate of drug-likeness (QED) is 0.942. The lowest BCUT2D eigenvalue weighted by molar-refractivity contribution is 0.0670. The monoisotopic (exact) mass is 312 g/mol. The molecule has 1 aromatic carbocycles. The molecule has 2 amide bonds. The van der Waals surface area contributed by atoms with Crippen LogP contribution < -0.4 is 5.32 Å². The molecule has 1 N–H and O–H groups in total. The Kier molecular flexibility index (Phi) is 4.52. The third-order valence-electron chi connectivity index (χ3n) is 4.01. The molecule has 0 radical (unpaired) electrons. The van der Waals surface area contributed by atoms with Crippen molar-refractivity contribution in [2.24, 2.45) is 5.92 Å². The number of carbonyl (C=O) groups is 1. The van der Waals surface area contributed by atoms with Gasteiger partial charge in [0, 0.05) is 19.7 Å². The first-order valence-corrected chi connectivity index (χ1v) is 7.61. The first-order valence-electron chi connectivity index (χ1n) is 7.61. The van der Waals surface area contributed by atoms with E-state index in [1.807, 2.05) is 23.1 Å². The van der Waals surface area contributed by atoms with Crippen LogP contribution in [0, 0.1) is 5.92 Å². The Morgan fingerprint density at radius 3 is 2.83 bits per heavy atom. The van der Waals surface area contributed by atoms with Gasteiger partial charge in [0.25, 0.3) is 0 Å². The predicted molar refractivity (Wildman–Crippen MR) is 86.8 cm³/mol. The number of aromatic nitrogens is 2. The number of likely N-dealkylation sites (tertiary alicyclic amines) is 1. The number of anilines is 1. The molecule has 1 saturated heterocycles. The van der Waals surface area contributed by atoms with Crippen LogP contribution >= 0.6 is 0 Å². The number of rotatable bonds is 4. The first-order chi connectivity index (χ1) is 11.2. The van der Waals surface area contributed by atoms with Gasteiger partial charge in [-0.15, -0.1) is 0 Å². The molecular weight excluding hydrogens is 292 g/mol. The summed E-state index contributed by atoms with van der Waals surface area (Å²) in [7, 11) is 1.60. The number of methoxy groups -OCH3 is 1. The Morgan fingerprint density at radius 1 is 1.35 bits per heavy atom. The van der Waals surface area contributed by atoms with E-state index in [9.17, 15) is 4.79 Å². The number of hydrogen-bond donors (Lipinski definition) is 1. The molecule has 1 aliphatic heterocycles. The maximum Gasteiger partial charge on any atom is 0.323 e. The highest BCUT2D eigenvalue weighted by Gasteiger charge is 2.40. The van der Waals surface area contributed by atoms with Crippen molar-refractivity contribution in [3.05, 3.63) is 54.0 Å². The van der Waals surface area contributed by atoms with Crippen molar-refractivity contribution >= 4 is 11.8 Å². The van der Waals surface area contributed by atoms with Gasteiger partial charge in [-0.1, -0.05) is 37.3 Å². The van der Waals surface area contributed by atoms with Crippen LogP contribution in [-0.2, 0) is 11.3 Å². The zero-order valence-corrected chi connectivity index (χ0v) is 13.3. The lowest BCUT2D eigenvalue weighted by Gasteiger charge is -2.46. The number of amides is 2. The average molecular weight is 312 g/mol. The standard InChI is InChI=1S/C17H20N4O2/c1-12-9-21(16(12)13-6-4-3-5-7-13)17(22)20-15-8-14(10-23-2)18-11-19-15/h3-8,11-12,16H,9-10H2,1-2H3,(H,18,19,20,22)/t12-,16-/m0/s1. The maximum absolute atomic E-state index is 12.5. The fourth-order valence-electron chi connectivity index (χ4n) is 2.93. The Labute approximate surface area is 135 Å². The van der Waals surface area contributed by atoms with Crippen molar-refractivity contribution in [1.29, 1.82) is 0 Å². The van der Waals surface area contributed by atoms with E-state index < -0.39 is 0 Å². The fraction of sp³-hybridized carbons (Fsp3) is 0.353. The molecule has 6 nitrogen and oxygen atoms in total. The summed E-state index contributed by atoms with van der Waals surface area (Å²) in [6, 6.07) is 11.8. The molecule has 2 heterocycles. The highest BCUT2D eigenvalue weighted by atomic mass is 16.5. The number of urea groups is 1. The van der Waals surface area contributed by atoms with E-state index in [-0.39, 0.29) is 12.1 Å². The number of carbonyl (C=O) groups excluding carboxylic acids is 1. The van der Waals surface area contributed by atoms with E-state index in [2.05, 4.69) is 34.3 Å². The molecule has 0 aliphatic carbocycles. The van der Waals surface area contributed by atoms with E-state index in [1.165, 1.54) is 6.33 Å². The minimum Gasteiger partial charge on any atom is -0.378 e. The summed E-state index contributed by atoms with van der Waals surface area (Å²) in [6.07, 6.45) is 1.43. The third-order valence-corrected chi connectivity index (χ3v) is 4.01. The van der Waals surface area contributed by atoms with Gasteiger partial charge in [0.15, 0.2) is 0 Å². The van der Waals surface area contributed by atoms with Crippen LogP contribution in [0.15, 0.2) is 42.7 Å². The van der Waals surface area contributed by atoms with E-state index in [4.69, 9.17) is 4.74 Å². The minimum absolute atomic E-state index is 0.108. The van der Waals surface area contributed by atoms with Gasteiger partial charge in [0.2, 0.25) is 0 Å². The predicted octanol–water partition coefficient (Wildman–Crippen LogP) is 2.85. The molecule has 120 valence electrons. The Bertz CT molecular complexity index is 677. The minimum atomic E-state index is -0.140. The van der Waals surface area contributed by atoms with Crippen LogP contribution in [0.5, 0.6) is 0 Å². The van der Waals surface area contributed by atoms with E-state index in [1.54, 1.807) is 13.2 Å². The number of hydrogen-bond acceptors (Lipinski definition) is 4. The molecule has 2 aromatic rings. The second kappa shape index (κ2) is 6.75. The maximum atomic E-state index is 12.5. The molecule has 3 rings (SSSR count). The molecule has 1 fully saturated rings. The van der Waals surface area contributed by atoms with Gasteiger partial charge < -0.3 is 9.64 Å². The van der Waals surface area contributed by atoms with Crippen molar-refractivity contribution in [3.8, 4) is 0 Å². The summed E-state index contributed by atoms with van der Waals surface area (Å²) in [5.41, 5.74) is 1.89. The second-order valence-electron chi connectivity index (χ2n) is 5.74. The van der Waals surface area contributed by atoms with E-state index in [0.29, 0.717) is 18.3 Å². The molecule has 0 spiro atoms. The van der Waals surface area contributed by atoms with Crippen molar-refractivity contribution in [2.75, 3.05) is 19.0 Å². The van der Waals surface area contributed by atoms with Crippen LogP contribution in [0.1, 0.15) is 24.2 Å². The van der Waals surface area contributed by atoms with Gasteiger partial charge in [-0.05, 0) is 11.5 Å². The summed E-state index contributed by atoms with van der Waals surface area (Å²) in [6.45, 7) is 3.28. The second-order valence-corrected chi connectivity index (χ2v) is 5.74. The highest BCUT2D eigenvalue weighted by Crippen LogP contribution is 2.38. The van der Waals surface area contributed by atoms with Gasteiger partial charge in [-0.3, -0.25) is 5.32 Å². The number of benzene rings is 1. The molecule has 0 bridgehead atoms. The Morgan fingerprint density at radius 2 is 2.13 bits per heavy atom. The van der Waals surface area contributed by atoms with Gasteiger partial charge in [-0.25, -0.2) is 14.8 Å². The highest BCUT2D eigenvalue weighted by molar-refractivity contribution is 5.89.